The zero-order valence-electron chi connectivity index (χ0n) is 14.3. The summed E-state index contributed by atoms with van der Waals surface area (Å²) < 4.78 is 6.01. The Bertz CT molecular complexity index is 675. The molecule has 4 nitrogen and oxygen atoms in total. The number of carbonyl (C=O) groups excluding carboxylic acids is 1. The average Bonchev–Trinajstić information content (AvgIpc) is 2.99. The summed E-state index contributed by atoms with van der Waals surface area (Å²) >= 11 is 7.53. The number of methoxy groups -OCH3 is 1. The van der Waals surface area contributed by atoms with Gasteiger partial charge in [0, 0.05) is 25.0 Å². The van der Waals surface area contributed by atoms with Gasteiger partial charge in [0.15, 0.2) is 0 Å². The molecule has 6 heteroatoms. The van der Waals surface area contributed by atoms with E-state index >= 15 is 0 Å². The lowest BCUT2D eigenvalue weighted by atomic mass is 10.2. The second kappa shape index (κ2) is 9.06. The molecule has 0 spiro atoms. The maximum atomic E-state index is 12.5. The predicted octanol–water partition coefficient (Wildman–Crippen LogP) is 3.89. The molecule has 130 valence electrons. The zero-order chi connectivity index (χ0) is 17.5. The van der Waals surface area contributed by atoms with Crippen LogP contribution in [0.3, 0.4) is 0 Å². The monoisotopic (exact) mass is 366 g/mol. The molecule has 0 saturated carbocycles. The summed E-state index contributed by atoms with van der Waals surface area (Å²) in [6, 6.07) is 11.7. The molecular weight excluding hydrogens is 344 g/mol. The highest BCUT2D eigenvalue weighted by Gasteiger charge is 2.15. The van der Waals surface area contributed by atoms with Gasteiger partial charge in [-0.3, -0.25) is 9.69 Å². The number of nitrogens with zero attached hydrogens (tertiary/aromatic N) is 2. The van der Waals surface area contributed by atoms with Crippen LogP contribution in [-0.4, -0.2) is 43.0 Å². The molecule has 1 heterocycles. The van der Waals surface area contributed by atoms with Crippen LogP contribution in [-0.2, 0) is 17.9 Å². The van der Waals surface area contributed by atoms with Crippen molar-refractivity contribution >= 4 is 28.8 Å². The predicted molar refractivity (Wildman–Crippen MR) is 99.7 cm³/mol. The lowest BCUT2D eigenvalue weighted by Gasteiger charge is -2.23. The molecule has 1 aromatic carbocycles. The van der Waals surface area contributed by atoms with Gasteiger partial charge < -0.3 is 9.64 Å². The molecule has 0 saturated heterocycles. The van der Waals surface area contributed by atoms with Crippen molar-refractivity contribution in [2.24, 2.45) is 0 Å². The fourth-order valence-electron chi connectivity index (χ4n) is 2.38. The summed E-state index contributed by atoms with van der Waals surface area (Å²) in [6.07, 6.45) is 0. The maximum Gasteiger partial charge on any atom is 0.236 e. The minimum atomic E-state index is 0.0994. The highest BCUT2D eigenvalue weighted by atomic mass is 35.5. The van der Waals surface area contributed by atoms with Crippen LogP contribution in [0.4, 0.5) is 0 Å². The molecule has 0 aliphatic carbocycles. The molecule has 0 atom stereocenters. The number of thiophene rings is 1. The van der Waals surface area contributed by atoms with E-state index in [0.29, 0.717) is 13.1 Å². The SMILES string of the molecule is CCN(CC(=O)N(C)Cc1cccc(OC)c1)Cc1ccc(Cl)s1. The van der Waals surface area contributed by atoms with Crippen molar-refractivity contribution in [3.63, 3.8) is 0 Å². The Morgan fingerprint density at radius 3 is 2.67 bits per heavy atom. The van der Waals surface area contributed by atoms with E-state index in [0.717, 1.165) is 28.7 Å². The van der Waals surface area contributed by atoms with Gasteiger partial charge in [0.1, 0.15) is 5.75 Å². The zero-order valence-corrected chi connectivity index (χ0v) is 15.9. The van der Waals surface area contributed by atoms with E-state index in [4.69, 9.17) is 16.3 Å². The quantitative estimate of drug-likeness (QED) is 0.710. The topological polar surface area (TPSA) is 32.8 Å². The first-order chi connectivity index (χ1) is 11.5. The van der Waals surface area contributed by atoms with Crippen molar-refractivity contribution < 1.29 is 9.53 Å². The van der Waals surface area contributed by atoms with Crippen molar-refractivity contribution in [3.05, 3.63) is 51.2 Å². The Morgan fingerprint density at radius 1 is 1.25 bits per heavy atom. The number of ether oxygens (including phenoxy) is 1. The minimum Gasteiger partial charge on any atom is -0.497 e. The second-order valence-corrected chi connectivity index (χ2v) is 7.41. The molecule has 0 unspecified atom stereocenters. The van der Waals surface area contributed by atoms with Crippen LogP contribution in [0.15, 0.2) is 36.4 Å². The number of halogens is 1. The summed E-state index contributed by atoms with van der Waals surface area (Å²) in [5.74, 6) is 0.903. The number of hydrogen-bond acceptors (Lipinski definition) is 4. The van der Waals surface area contributed by atoms with Crippen LogP contribution in [0.1, 0.15) is 17.4 Å². The van der Waals surface area contributed by atoms with Crippen molar-refractivity contribution in [1.29, 1.82) is 0 Å². The Labute approximate surface area is 152 Å². The van der Waals surface area contributed by atoms with Crippen LogP contribution in [0.25, 0.3) is 0 Å². The Hall–Kier alpha value is -1.56. The van der Waals surface area contributed by atoms with Crippen molar-refractivity contribution in [2.75, 3.05) is 27.2 Å². The van der Waals surface area contributed by atoms with Gasteiger partial charge in [0.05, 0.1) is 18.0 Å². The first-order valence-corrected chi connectivity index (χ1v) is 9.04. The van der Waals surface area contributed by atoms with E-state index in [1.54, 1.807) is 23.3 Å². The Kier molecular flexibility index (Phi) is 7.09. The molecule has 1 amide bonds. The van der Waals surface area contributed by atoms with Crippen molar-refractivity contribution in [1.82, 2.24) is 9.80 Å². The van der Waals surface area contributed by atoms with Gasteiger partial charge in [-0.25, -0.2) is 0 Å². The van der Waals surface area contributed by atoms with Crippen molar-refractivity contribution in [2.45, 2.75) is 20.0 Å². The second-order valence-electron chi connectivity index (χ2n) is 5.61. The smallest absolute Gasteiger partial charge is 0.236 e. The third kappa shape index (κ3) is 5.51. The van der Waals surface area contributed by atoms with E-state index in [1.165, 1.54) is 4.88 Å². The normalized spacial score (nSPS) is 10.9. The molecule has 0 radical (unpaired) electrons. The van der Waals surface area contributed by atoms with Gasteiger partial charge in [-0.2, -0.15) is 0 Å². The van der Waals surface area contributed by atoms with Gasteiger partial charge in [-0.05, 0) is 36.4 Å². The van der Waals surface area contributed by atoms with E-state index in [2.05, 4.69) is 11.8 Å². The summed E-state index contributed by atoms with van der Waals surface area (Å²) in [5, 5.41) is 0. The molecule has 0 N–H and O–H groups in total. The molecule has 2 aromatic rings. The molecule has 1 aromatic heterocycles. The van der Waals surface area contributed by atoms with Crippen LogP contribution in [0, 0.1) is 0 Å². The summed E-state index contributed by atoms with van der Waals surface area (Å²) in [4.78, 5) is 17.5. The third-order valence-electron chi connectivity index (χ3n) is 3.79. The van der Waals surface area contributed by atoms with Gasteiger partial charge in [0.2, 0.25) is 5.91 Å². The van der Waals surface area contributed by atoms with E-state index in [1.807, 2.05) is 43.4 Å². The van der Waals surface area contributed by atoms with E-state index in [-0.39, 0.29) is 5.91 Å². The summed E-state index contributed by atoms with van der Waals surface area (Å²) in [7, 11) is 3.47. The van der Waals surface area contributed by atoms with Crippen LogP contribution in [0.2, 0.25) is 4.34 Å². The average molecular weight is 367 g/mol. The van der Waals surface area contributed by atoms with Gasteiger partial charge in [-0.15, -0.1) is 11.3 Å². The van der Waals surface area contributed by atoms with E-state index in [9.17, 15) is 4.79 Å². The van der Waals surface area contributed by atoms with Crippen molar-refractivity contribution in [3.8, 4) is 5.75 Å². The Morgan fingerprint density at radius 2 is 2.04 bits per heavy atom. The molecule has 0 bridgehead atoms. The van der Waals surface area contributed by atoms with E-state index < -0.39 is 0 Å². The number of hydrogen-bond donors (Lipinski definition) is 0. The first-order valence-electron chi connectivity index (χ1n) is 7.85. The standard InChI is InChI=1S/C18H23ClN2O2S/c1-4-21(12-16-8-9-17(19)24-16)13-18(22)20(2)11-14-6-5-7-15(10-14)23-3/h5-10H,4,11-13H2,1-3H3. The molecule has 24 heavy (non-hydrogen) atoms. The van der Waals surface area contributed by atoms with Crippen LogP contribution in [0.5, 0.6) is 5.75 Å². The third-order valence-corrected chi connectivity index (χ3v) is 5.01. The fourth-order valence-corrected chi connectivity index (χ4v) is 3.51. The summed E-state index contributed by atoms with van der Waals surface area (Å²) in [5.41, 5.74) is 1.05. The van der Waals surface area contributed by atoms with Gasteiger partial charge in [0.25, 0.3) is 0 Å². The lowest BCUT2D eigenvalue weighted by Crippen LogP contribution is -2.37. The molecule has 0 aliphatic heterocycles. The molecule has 2 rings (SSSR count). The van der Waals surface area contributed by atoms with Gasteiger partial charge >= 0.3 is 0 Å². The molecular formula is C18H23ClN2O2S. The minimum absolute atomic E-state index is 0.0994. The Balaban J connectivity index is 1.91. The number of likely N-dealkylation sites (N-methyl/N-ethyl adjacent to an activating group) is 2. The summed E-state index contributed by atoms with van der Waals surface area (Å²) in [6.45, 7) is 4.58. The van der Waals surface area contributed by atoms with Gasteiger partial charge in [-0.1, -0.05) is 30.7 Å². The number of benzene rings is 1. The maximum absolute atomic E-state index is 12.5. The largest absolute Gasteiger partial charge is 0.497 e. The van der Waals surface area contributed by atoms with Crippen LogP contribution >= 0.6 is 22.9 Å². The van der Waals surface area contributed by atoms with Crippen LogP contribution < -0.4 is 4.74 Å². The number of carbonyl (C=O) groups is 1. The highest BCUT2D eigenvalue weighted by Crippen LogP contribution is 2.22. The first kappa shape index (κ1) is 18.8. The highest BCUT2D eigenvalue weighted by molar-refractivity contribution is 7.16. The molecule has 0 fully saturated rings. The lowest BCUT2D eigenvalue weighted by molar-refractivity contribution is -0.131. The number of rotatable bonds is 8. The number of amides is 1. The fraction of sp³-hybridized carbons (Fsp3) is 0.389. The molecule has 0 aliphatic rings.